The molecular formula is C25H32N2O4. The molecule has 166 valence electrons. The second-order valence-corrected chi connectivity index (χ2v) is 8.73. The number of amides is 2. The molecule has 0 bridgehead atoms. The summed E-state index contributed by atoms with van der Waals surface area (Å²) >= 11 is 0. The highest BCUT2D eigenvalue weighted by molar-refractivity contribution is 6.04. The zero-order chi connectivity index (χ0) is 22.4. The molecule has 31 heavy (non-hydrogen) atoms. The largest absolute Gasteiger partial charge is 0.481 e. The number of hydrogen-bond donors (Lipinski definition) is 1. The van der Waals surface area contributed by atoms with Gasteiger partial charge in [0.1, 0.15) is 5.75 Å². The molecule has 2 amide bonds. The Balaban J connectivity index is 1.70. The molecule has 1 aliphatic rings. The van der Waals surface area contributed by atoms with Gasteiger partial charge in [-0.1, -0.05) is 52.0 Å². The van der Waals surface area contributed by atoms with Gasteiger partial charge in [-0.15, -0.1) is 0 Å². The van der Waals surface area contributed by atoms with Crippen LogP contribution < -0.4 is 10.1 Å². The van der Waals surface area contributed by atoms with Gasteiger partial charge in [0.15, 0.2) is 6.10 Å². The van der Waals surface area contributed by atoms with Crippen molar-refractivity contribution >= 4 is 17.5 Å². The Bertz CT molecular complexity index is 896. The van der Waals surface area contributed by atoms with Crippen molar-refractivity contribution in [2.45, 2.75) is 45.6 Å². The molecular weight excluding hydrogens is 392 g/mol. The minimum atomic E-state index is -0.660. The maximum atomic E-state index is 12.9. The molecule has 0 unspecified atom stereocenters. The second kappa shape index (κ2) is 9.96. The van der Waals surface area contributed by atoms with Gasteiger partial charge in [0, 0.05) is 13.1 Å². The van der Waals surface area contributed by atoms with Crippen LogP contribution in [-0.4, -0.2) is 49.1 Å². The molecule has 0 aliphatic carbocycles. The molecule has 0 radical (unpaired) electrons. The molecule has 0 saturated carbocycles. The van der Waals surface area contributed by atoms with Gasteiger partial charge in [-0.25, -0.2) is 0 Å². The summed E-state index contributed by atoms with van der Waals surface area (Å²) in [5.74, 6) is 0.267. The number of anilines is 1. The van der Waals surface area contributed by atoms with E-state index in [0.717, 1.165) is 0 Å². The van der Waals surface area contributed by atoms with Crippen LogP contribution >= 0.6 is 0 Å². The third-order valence-corrected chi connectivity index (χ3v) is 5.38. The molecule has 1 heterocycles. The van der Waals surface area contributed by atoms with Crippen molar-refractivity contribution in [1.29, 1.82) is 0 Å². The highest BCUT2D eigenvalue weighted by atomic mass is 16.5. The smallest absolute Gasteiger partial charge is 0.265 e. The second-order valence-electron chi connectivity index (χ2n) is 8.73. The van der Waals surface area contributed by atoms with Crippen LogP contribution in [0.25, 0.3) is 0 Å². The molecule has 1 saturated heterocycles. The molecule has 1 N–H and O–H groups in total. The quantitative estimate of drug-likeness (QED) is 0.753. The lowest BCUT2D eigenvalue weighted by atomic mass is 9.87. The number of morpholine rings is 1. The highest BCUT2D eigenvalue weighted by Crippen LogP contribution is 2.25. The van der Waals surface area contributed by atoms with Crippen molar-refractivity contribution in [3.8, 4) is 5.75 Å². The molecule has 3 rings (SSSR count). The third-order valence-electron chi connectivity index (χ3n) is 5.38. The fourth-order valence-electron chi connectivity index (χ4n) is 3.45. The van der Waals surface area contributed by atoms with Crippen molar-refractivity contribution in [1.82, 2.24) is 4.90 Å². The predicted octanol–water partition coefficient (Wildman–Crippen LogP) is 4.25. The Hall–Kier alpha value is -2.86. The molecule has 6 nitrogen and oxygen atoms in total. The van der Waals surface area contributed by atoms with E-state index in [-0.39, 0.29) is 17.2 Å². The third kappa shape index (κ3) is 5.85. The van der Waals surface area contributed by atoms with Crippen LogP contribution in [0.1, 0.15) is 50.0 Å². The highest BCUT2D eigenvalue weighted by Gasteiger charge is 2.24. The fraction of sp³-hybridized carbons (Fsp3) is 0.440. The molecule has 2 aromatic rings. The van der Waals surface area contributed by atoms with Gasteiger partial charge in [-0.05, 0) is 41.7 Å². The summed E-state index contributed by atoms with van der Waals surface area (Å²) in [7, 11) is 0. The van der Waals surface area contributed by atoms with E-state index in [4.69, 9.17) is 9.47 Å². The minimum absolute atomic E-state index is 0.0524. The molecule has 0 spiro atoms. The first-order valence-electron chi connectivity index (χ1n) is 10.8. The van der Waals surface area contributed by atoms with Crippen molar-refractivity contribution in [3.63, 3.8) is 0 Å². The normalized spacial score (nSPS) is 15.3. The average molecular weight is 425 g/mol. The van der Waals surface area contributed by atoms with Gasteiger partial charge in [0.25, 0.3) is 11.8 Å². The molecule has 1 aliphatic heterocycles. The van der Waals surface area contributed by atoms with Crippen LogP contribution in [0.3, 0.4) is 0 Å². The Morgan fingerprint density at radius 2 is 1.71 bits per heavy atom. The number of benzene rings is 2. The van der Waals surface area contributed by atoms with Crippen LogP contribution in [0, 0.1) is 0 Å². The van der Waals surface area contributed by atoms with Gasteiger partial charge >= 0.3 is 0 Å². The summed E-state index contributed by atoms with van der Waals surface area (Å²) in [5.41, 5.74) is 2.22. The first kappa shape index (κ1) is 22.8. The summed E-state index contributed by atoms with van der Waals surface area (Å²) in [5, 5.41) is 2.89. The number of ether oxygens (including phenoxy) is 2. The fourth-order valence-corrected chi connectivity index (χ4v) is 3.45. The summed E-state index contributed by atoms with van der Waals surface area (Å²) in [6, 6.07) is 14.9. The summed E-state index contributed by atoms with van der Waals surface area (Å²) in [4.78, 5) is 27.6. The molecule has 6 heteroatoms. The van der Waals surface area contributed by atoms with Crippen molar-refractivity contribution in [3.05, 3.63) is 59.7 Å². The standard InChI is InChI=1S/C25H32N2O4/c1-5-22(31-19-12-10-18(11-13-19)25(2,3)4)23(28)26-21-9-7-6-8-20(21)24(29)27-14-16-30-17-15-27/h6-13,22H,5,14-17H2,1-4H3,(H,26,28)/t22-/m1/s1. The maximum Gasteiger partial charge on any atom is 0.265 e. The number of rotatable bonds is 6. The molecule has 1 fully saturated rings. The summed E-state index contributed by atoms with van der Waals surface area (Å²) in [6.45, 7) is 10.5. The van der Waals surface area contributed by atoms with Crippen LogP contribution in [0.4, 0.5) is 5.69 Å². The van der Waals surface area contributed by atoms with E-state index in [0.29, 0.717) is 49.7 Å². The predicted molar refractivity (Wildman–Crippen MR) is 122 cm³/mol. The topological polar surface area (TPSA) is 67.9 Å². The van der Waals surface area contributed by atoms with E-state index >= 15 is 0 Å². The van der Waals surface area contributed by atoms with Crippen LogP contribution in [-0.2, 0) is 14.9 Å². The number of nitrogens with zero attached hydrogens (tertiary/aromatic N) is 1. The van der Waals surface area contributed by atoms with Crippen molar-refractivity contribution < 1.29 is 19.1 Å². The van der Waals surface area contributed by atoms with Crippen molar-refractivity contribution in [2.75, 3.05) is 31.6 Å². The van der Waals surface area contributed by atoms with Gasteiger partial charge in [-0.3, -0.25) is 9.59 Å². The van der Waals surface area contributed by atoms with Gasteiger partial charge in [0.2, 0.25) is 0 Å². The Morgan fingerprint density at radius 3 is 2.32 bits per heavy atom. The maximum absolute atomic E-state index is 12.9. The minimum Gasteiger partial charge on any atom is -0.481 e. The Morgan fingerprint density at radius 1 is 1.06 bits per heavy atom. The van der Waals surface area contributed by atoms with Crippen LogP contribution in [0.15, 0.2) is 48.5 Å². The number of para-hydroxylation sites is 1. The van der Waals surface area contributed by atoms with E-state index in [1.807, 2.05) is 31.2 Å². The van der Waals surface area contributed by atoms with E-state index < -0.39 is 6.10 Å². The lowest BCUT2D eigenvalue weighted by Gasteiger charge is -2.27. The lowest BCUT2D eigenvalue weighted by Crippen LogP contribution is -2.41. The number of nitrogens with one attached hydrogen (secondary N) is 1. The molecule has 2 aromatic carbocycles. The van der Waals surface area contributed by atoms with E-state index in [1.54, 1.807) is 29.2 Å². The van der Waals surface area contributed by atoms with E-state index in [1.165, 1.54) is 5.56 Å². The zero-order valence-electron chi connectivity index (χ0n) is 18.8. The van der Waals surface area contributed by atoms with E-state index in [2.05, 4.69) is 26.1 Å². The Kier molecular flexibility index (Phi) is 7.33. The van der Waals surface area contributed by atoms with Gasteiger partial charge in [0.05, 0.1) is 24.5 Å². The average Bonchev–Trinajstić information content (AvgIpc) is 2.77. The number of carbonyl (C=O) groups is 2. The van der Waals surface area contributed by atoms with Gasteiger partial charge < -0.3 is 19.7 Å². The summed E-state index contributed by atoms with van der Waals surface area (Å²) in [6.07, 6.45) is -0.154. The van der Waals surface area contributed by atoms with E-state index in [9.17, 15) is 9.59 Å². The first-order valence-corrected chi connectivity index (χ1v) is 10.8. The van der Waals surface area contributed by atoms with Crippen LogP contribution in [0.2, 0.25) is 0 Å². The monoisotopic (exact) mass is 424 g/mol. The lowest BCUT2D eigenvalue weighted by molar-refractivity contribution is -0.122. The first-order chi connectivity index (χ1) is 14.8. The molecule has 1 atom stereocenters. The summed E-state index contributed by atoms with van der Waals surface area (Å²) < 4.78 is 11.3. The molecule has 0 aromatic heterocycles. The zero-order valence-corrected chi connectivity index (χ0v) is 18.8. The Labute approximate surface area is 184 Å². The SMILES string of the molecule is CC[C@@H](Oc1ccc(C(C)(C)C)cc1)C(=O)Nc1ccccc1C(=O)N1CCOCC1. The number of hydrogen-bond acceptors (Lipinski definition) is 4. The van der Waals surface area contributed by atoms with Crippen LogP contribution in [0.5, 0.6) is 5.75 Å². The number of carbonyl (C=O) groups excluding carboxylic acids is 2. The van der Waals surface area contributed by atoms with Gasteiger partial charge in [-0.2, -0.15) is 0 Å². The van der Waals surface area contributed by atoms with Crippen molar-refractivity contribution in [2.24, 2.45) is 0 Å².